The SMILES string of the molecule is CCCCOCCOCCOCCOC(C)(C)CBr. The normalized spacial score (nSPS) is 12.0. The summed E-state index contributed by atoms with van der Waals surface area (Å²) in [4.78, 5) is 0. The van der Waals surface area contributed by atoms with Crippen LogP contribution in [0.4, 0.5) is 0 Å². The van der Waals surface area contributed by atoms with Gasteiger partial charge in [-0.3, -0.25) is 0 Å². The van der Waals surface area contributed by atoms with E-state index in [0.29, 0.717) is 39.6 Å². The van der Waals surface area contributed by atoms with Crippen molar-refractivity contribution in [1.29, 1.82) is 0 Å². The molecule has 0 heterocycles. The molecule has 0 radical (unpaired) electrons. The predicted molar refractivity (Wildman–Crippen MR) is 81.2 cm³/mol. The number of hydrogen-bond donors (Lipinski definition) is 0. The summed E-state index contributed by atoms with van der Waals surface area (Å²) in [5.74, 6) is 0. The Morgan fingerprint density at radius 2 is 1.26 bits per heavy atom. The van der Waals surface area contributed by atoms with Gasteiger partial charge in [0.1, 0.15) is 0 Å². The number of ether oxygens (including phenoxy) is 4. The van der Waals surface area contributed by atoms with Crippen molar-refractivity contribution in [3.8, 4) is 0 Å². The third-order valence-corrected chi connectivity index (χ3v) is 3.78. The highest BCUT2D eigenvalue weighted by Gasteiger charge is 2.15. The van der Waals surface area contributed by atoms with Crippen LogP contribution in [0.1, 0.15) is 33.6 Å². The molecular weight excluding hydrogens is 312 g/mol. The van der Waals surface area contributed by atoms with Gasteiger partial charge in [-0.25, -0.2) is 0 Å². The highest BCUT2D eigenvalue weighted by molar-refractivity contribution is 9.09. The molecule has 0 spiro atoms. The summed E-state index contributed by atoms with van der Waals surface area (Å²) < 4.78 is 21.8. The van der Waals surface area contributed by atoms with Gasteiger partial charge in [0.2, 0.25) is 0 Å². The first-order valence-electron chi connectivity index (χ1n) is 7.05. The van der Waals surface area contributed by atoms with E-state index in [0.717, 1.165) is 18.4 Å². The first-order chi connectivity index (χ1) is 9.12. The molecule has 0 rings (SSSR count). The predicted octanol–water partition coefficient (Wildman–Crippen LogP) is 3.03. The van der Waals surface area contributed by atoms with Crippen LogP contribution in [0.25, 0.3) is 0 Å². The summed E-state index contributed by atoms with van der Waals surface area (Å²) in [6.45, 7) is 10.8. The van der Waals surface area contributed by atoms with E-state index >= 15 is 0 Å². The van der Waals surface area contributed by atoms with Crippen molar-refractivity contribution >= 4 is 15.9 Å². The summed E-state index contributed by atoms with van der Waals surface area (Å²) >= 11 is 3.41. The molecule has 5 heteroatoms. The minimum absolute atomic E-state index is 0.129. The van der Waals surface area contributed by atoms with E-state index < -0.39 is 0 Å². The standard InChI is InChI=1S/C14H29BrO4/c1-4-5-6-16-7-8-17-9-10-18-11-12-19-14(2,3)13-15/h4-13H2,1-3H3. The van der Waals surface area contributed by atoms with E-state index in [9.17, 15) is 0 Å². The van der Waals surface area contributed by atoms with Gasteiger partial charge in [0.05, 0.1) is 45.2 Å². The summed E-state index contributed by atoms with van der Waals surface area (Å²) in [6.07, 6.45) is 2.29. The number of alkyl halides is 1. The average Bonchev–Trinajstić information content (AvgIpc) is 2.40. The third-order valence-electron chi connectivity index (χ3n) is 2.43. The lowest BCUT2D eigenvalue weighted by Crippen LogP contribution is -2.28. The first kappa shape index (κ1) is 19.3. The second-order valence-electron chi connectivity index (χ2n) is 4.93. The maximum Gasteiger partial charge on any atom is 0.0724 e. The lowest BCUT2D eigenvalue weighted by molar-refractivity contribution is -0.0424. The molecule has 0 amide bonds. The zero-order chi connectivity index (χ0) is 14.4. The molecule has 116 valence electrons. The van der Waals surface area contributed by atoms with E-state index in [4.69, 9.17) is 18.9 Å². The van der Waals surface area contributed by atoms with Crippen LogP contribution in [0.5, 0.6) is 0 Å². The second-order valence-corrected chi connectivity index (χ2v) is 5.49. The summed E-state index contributed by atoms with van der Waals surface area (Å²) in [7, 11) is 0. The average molecular weight is 341 g/mol. The molecule has 4 nitrogen and oxygen atoms in total. The first-order valence-corrected chi connectivity index (χ1v) is 8.17. The topological polar surface area (TPSA) is 36.9 Å². The molecule has 0 aliphatic heterocycles. The van der Waals surface area contributed by atoms with Gasteiger partial charge in [-0.2, -0.15) is 0 Å². The lowest BCUT2D eigenvalue weighted by Gasteiger charge is -2.22. The Labute approximate surface area is 126 Å². The van der Waals surface area contributed by atoms with E-state index in [1.165, 1.54) is 6.42 Å². The van der Waals surface area contributed by atoms with Crippen LogP contribution in [0.2, 0.25) is 0 Å². The molecule has 0 saturated heterocycles. The highest BCUT2D eigenvalue weighted by atomic mass is 79.9. The van der Waals surface area contributed by atoms with Gasteiger partial charge in [0.15, 0.2) is 0 Å². The Morgan fingerprint density at radius 3 is 1.74 bits per heavy atom. The summed E-state index contributed by atoms with van der Waals surface area (Å²) in [5, 5.41) is 0.821. The molecule has 19 heavy (non-hydrogen) atoms. The van der Waals surface area contributed by atoms with Crippen LogP contribution in [0.15, 0.2) is 0 Å². The van der Waals surface area contributed by atoms with E-state index in [-0.39, 0.29) is 5.60 Å². The van der Waals surface area contributed by atoms with Crippen molar-refractivity contribution in [1.82, 2.24) is 0 Å². The van der Waals surface area contributed by atoms with Gasteiger partial charge in [0.25, 0.3) is 0 Å². The molecule has 0 N–H and O–H groups in total. The molecule has 0 aromatic rings. The van der Waals surface area contributed by atoms with Crippen LogP contribution in [-0.2, 0) is 18.9 Å². The molecule has 0 aromatic heterocycles. The van der Waals surface area contributed by atoms with Gasteiger partial charge >= 0.3 is 0 Å². The third kappa shape index (κ3) is 14.5. The Kier molecular flexibility index (Phi) is 13.5. The van der Waals surface area contributed by atoms with Gasteiger partial charge in [-0.1, -0.05) is 29.3 Å². The quantitative estimate of drug-likeness (QED) is 0.359. The Bertz CT molecular complexity index is 188. The molecule has 0 bridgehead atoms. The van der Waals surface area contributed by atoms with Gasteiger partial charge in [0, 0.05) is 11.9 Å². The number of unbranched alkanes of at least 4 members (excludes halogenated alkanes) is 1. The van der Waals surface area contributed by atoms with Gasteiger partial charge < -0.3 is 18.9 Å². The largest absolute Gasteiger partial charge is 0.379 e. The second kappa shape index (κ2) is 13.3. The number of hydrogen-bond acceptors (Lipinski definition) is 4. The van der Waals surface area contributed by atoms with Gasteiger partial charge in [-0.15, -0.1) is 0 Å². The lowest BCUT2D eigenvalue weighted by atomic mass is 10.2. The highest BCUT2D eigenvalue weighted by Crippen LogP contribution is 2.11. The molecule has 0 atom stereocenters. The van der Waals surface area contributed by atoms with Crippen LogP contribution in [-0.4, -0.2) is 57.2 Å². The van der Waals surface area contributed by atoms with Crippen molar-refractivity contribution in [2.45, 2.75) is 39.2 Å². The van der Waals surface area contributed by atoms with E-state index in [2.05, 4.69) is 22.9 Å². The summed E-state index contributed by atoms with van der Waals surface area (Å²) in [5.41, 5.74) is -0.129. The molecular formula is C14H29BrO4. The molecule has 0 aliphatic carbocycles. The van der Waals surface area contributed by atoms with Crippen molar-refractivity contribution in [3.05, 3.63) is 0 Å². The van der Waals surface area contributed by atoms with Crippen LogP contribution < -0.4 is 0 Å². The zero-order valence-corrected chi connectivity index (χ0v) is 14.2. The number of halogens is 1. The maximum atomic E-state index is 5.63. The number of rotatable bonds is 14. The molecule has 0 aliphatic rings. The van der Waals surface area contributed by atoms with Crippen LogP contribution in [0.3, 0.4) is 0 Å². The molecule has 0 unspecified atom stereocenters. The summed E-state index contributed by atoms with van der Waals surface area (Å²) in [6, 6.07) is 0. The smallest absolute Gasteiger partial charge is 0.0724 e. The van der Waals surface area contributed by atoms with E-state index in [1.54, 1.807) is 0 Å². The fourth-order valence-electron chi connectivity index (χ4n) is 1.20. The van der Waals surface area contributed by atoms with Crippen molar-refractivity contribution in [3.63, 3.8) is 0 Å². The van der Waals surface area contributed by atoms with E-state index in [1.807, 2.05) is 13.8 Å². The van der Waals surface area contributed by atoms with Crippen molar-refractivity contribution in [2.24, 2.45) is 0 Å². The Hall–Kier alpha value is 0.320. The molecule has 0 aromatic carbocycles. The monoisotopic (exact) mass is 340 g/mol. The van der Waals surface area contributed by atoms with Crippen LogP contribution >= 0.6 is 15.9 Å². The van der Waals surface area contributed by atoms with Crippen molar-refractivity contribution < 1.29 is 18.9 Å². The fraction of sp³-hybridized carbons (Fsp3) is 1.00. The minimum Gasteiger partial charge on any atom is -0.379 e. The molecule has 0 fully saturated rings. The maximum absolute atomic E-state index is 5.63. The molecule has 0 saturated carbocycles. The Morgan fingerprint density at radius 1 is 0.789 bits per heavy atom. The Balaban J connectivity index is 3.07. The van der Waals surface area contributed by atoms with Crippen molar-refractivity contribution in [2.75, 3.05) is 51.6 Å². The van der Waals surface area contributed by atoms with Gasteiger partial charge in [-0.05, 0) is 20.3 Å². The van der Waals surface area contributed by atoms with Crippen LogP contribution in [0, 0.1) is 0 Å². The fourth-order valence-corrected chi connectivity index (χ4v) is 1.37. The zero-order valence-electron chi connectivity index (χ0n) is 12.6. The minimum atomic E-state index is -0.129.